The average molecular weight is 489 g/mol. The zero-order valence-electron chi connectivity index (χ0n) is 20.3. The van der Waals surface area contributed by atoms with Crippen molar-refractivity contribution < 1.29 is 43.7 Å². The van der Waals surface area contributed by atoms with Crippen LogP contribution in [0, 0.1) is 0 Å². The molecule has 0 radical (unpaired) electrons. The fraction of sp³-hybridized carbons (Fsp3) is 0.708. The van der Waals surface area contributed by atoms with Gasteiger partial charge in [-0.05, 0) is 23.6 Å². The van der Waals surface area contributed by atoms with E-state index in [1.165, 1.54) is 0 Å². The van der Waals surface area contributed by atoms with E-state index < -0.39 is 5.43 Å². The molecule has 0 aliphatic rings. The van der Waals surface area contributed by atoms with Gasteiger partial charge in [0, 0.05) is 11.1 Å². The highest BCUT2D eigenvalue weighted by atomic mass is 16.6. The summed E-state index contributed by atoms with van der Waals surface area (Å²) in [4.78, 5) is 12.8. The Kier molecular flexibility index (Phi) is 17.6. The van der Waals surface area contributed by atoms with Crippen molar-refractivity contribution >= 4 is 0 Å². The van der Waals surface area contributed by atoms with Crippen molar-refractivity contribution in [2.24, 2.45) is 0 Å². The minimum absolute atomic E-state index is 0.0218. The zero-order chi connectivity index (χ0) is 25.0. The van der Waals surface area contributed by atoms with Crippen LogP contribution in [-0.4, -0.2) is 94.6 Å². The van der Waals surface area contributed by atoms with Gasteiger partial charge in [0.2, 0.25) is 5.43 Å². The second-order valence-corrected chi connectivity index (χ2v) is 7.67. The summed E-state index contributed by atoms with van der Waals surface area (Å²) in [5.74, 6) is -0.214. The largest absolute Gasteiger partial charge is 0.504 e. The molecule has 0 aliphatic heterocycles. The fourth-order valence-electron chi connectivity index (χ4n) is 2.80. The Morgan fingerprint density at radius 3 is 1.47 bits per heavy atom. The molecule has 10 nitrogen and oxygen atoms in total. The van der Waals surface area contributed by atoms with Crippen molar-refractivity contribution in [3.8, 4) is 5.75 Å². The summed E-state index contributed by atoms with van der Waals surface area (Å²) in [7, 11) is 0. The third-order valence-corrected chi connectivity index (χ3v) is 4.63. The maximum atomic E-state index is 12.8. The Hall–Kier alpha value is -1.63. The standard InChI is InChI=1S/C24H40O10/c1-19(2)20-15-21(17-33-13-11-31-9-7-29-5-3-25)23(27)24(28)22(16-20)18-34-14-12-32-10-8-30-6-4-26/h15-16,19,25-26H,3-14,17-18H2,1-2H3,(H,27,28). The summed E-state index contributed by atoms with van der Waals surface area (Å²) < 4.78 is 32.1. The molecule has 0 spiro atoms. The first kappa shape index (κ1) is 30.4. The Morgan fingerprint density at radius 2 is 1.03 bits per heavy atom. The summed E-state index contributed by atoms with van der Waals surface area (Å²) in [5.41, 5.74) is 1.19. The highest BCUT2D eigenvalue weighted by Crippen LogP contribution is 2.21. The molecule has 1 aromatic rings. The monoisotopic (exact) mass is 488 g/mol. The summed E-state index contributed by atoms with van der Waals surface area (Å²) in [6.07, 6.45) is 0. The minimum Gasteiger partial charge on any atom is -0.504 e. The second kappa shape index (κ2) is 19.7. The van der Waals surface area contributed by atoms with E-state index in [2.05, 4.69) is 0 Å². The molecule has 0 saturated carbocycles. The van der Waals surface area contributed by atoms with Gasteiger partial charge in [-0.25, -0.2) is 0 Å². The van der Waals surface area contributed by atoms with Gasteiger partial charge in [-0.2, -0.15) is 0 Å². The Morgan fingerprint density at radius 1 is 0.647 bits per heavy atom. The maximum absolute atomic E-state index is 12.8. The van der Waals surface area contributed by atoms with E-state index in [1.54, 1.807) is 12.1 Å². The van der Waals surface area contributed by atoms with Crippen LogP contribution in [0.3, 0.4) is 0 Å². The molecule has 3 N–H and O–H groups in total. The van der Waals surface area contributed by atoms with Crippen LogP contribution in [0.15, 0.2) is 16.9 Å². The van der Waals surface area contributed by atoms with Gasteiger partial charge in [-0.3, -0.25) is 4.79 Å². The van der Waals surface area contributed by atoms with Gasteiger partial charge in [0.25, 0.3) is 0 Å². The quantitative estimate of drug-likeness (QED) is 0.215. The predicted molar refractivity (Wildman–Crippen MR) is 125 cm³/mol. The summed E-state index contributed by atoms with van der Waals surface area (Å²) in [6, 6.07) is 3.54. The molecule has 0 amide bonds. The van der Waals surface area contributed by atoms with Gasteiger partial charge in [0.15, 0.2) is 5.75 Å². The van der Waals surface area contributed by atoms with Gasteiger partial charge in [-0.15, -0.1) is 0 Å². The number of rotatable bonds is 21. The molecule has 1 aromatic carbocycles. The molecular formula is C24H40O10. The molecule has 0 bridgehead atoms. The number of aromatic hydroxyl groups is 1. The Balaban J connectivity index is 2.54. The minimum atomic E-state index is -0.485. The number of hydrogen-bond acceptors (Lipinski definition) is 10. The Labute approximate surface area is 201 Å². The molecule has 10 heteroatoms. The predicted octanol–water partition coefficient (Wildman–Crippen LogP) is 0.960. The van der Waals surface area contributed by atoms with E-state index in [1.807, 2.05) is 13.8 Å². The lowest BCUT2D eigenvalue weighted by Crippen LogP contribution is -2.13. The zero-order valence-corrected chi connectivity index (χ0v) is 20.3. The molecular weight excluding hydrogens is 448 g/mol. The van der Waals surface area contributed by atoms with Crippen LogP contribution in [0.1, 0.15) is 36.5 Å². The topological polar surface area (TPSA) is 133 Å². The van der Waals surface area contributed by atoms with Gasteiger partial charge >= 0.3 is 0 Å². The lowest BCUT2D eigenvalue weighted by atomic mass is 10.0. The molecule has 0 saturated heterocycles. The van der Waals surface area contributed by atoms with Crippen molar-refractivity contribution in [1.29, 1.82) is 0 Å². The number of hydrogen-bond donors (Lipinski definition) is 3. The summed E-state index contributed by atoms with van der Waals surface area (Å²) in [5, 5.41) is 27.8. The van der Waals surface area contributed by atoms with Crippen LogP contribution >= 0.6 is 0 Å². The van der Waals surface area contributed by atoms with Crippen LogP contribution in [0.25, 0.3) is 0 Å². The SMILES string of the molecule is CC(C)c1cc(COCCOCCOCCO)c(O)c(=O)c(COCCOCCOCCO)c1. The van der Waals surface area contributed by atoms with Crippen LogP contribution in [-0.2, 0) is 41.6 Å². The van der Waals surface area contributed by atoms with E-state index in [0.717, 1.165) is 5.56 Å². The van der Waals surface area contributed by atoms with Crippen molar-refractivity contribution in [2.75, 3.05) is 79.3 Å². The molecule has 0 atom stereocenters. The molecule has 0 aromatic heterocycles. The first-order valence-corrected chi connectivity index (χ1v) is 11.6. The van der Waals surface area contributed by atoms with Gasteiger partial charge in [-0.1, -0.05) is 13.8 Å². The van der Waals surface area contributed by atoms with Crippen molar-refractivity contribution in [3.63, 3.8) is 0 Å². The molecule has 34 heavy (non-hydrogen) atoms. The highest BCUT2D eigenvalue weighted by Gasteiger charge is 2.13. The average Bonchev–Trinajstić information content (AvgIpc) is 2.94. The lowest BCUT2D eigenvalue weighted by molar-refractivity contribution is 0.00410. The maximum Gasteiger partial charge on any atom is 0.225 e. The van der Waals surface area contributed by atoms with Gasteiger partial charge < -0.3 is 43.7 Å². The number of aliphatic hydroxyl groups is 2. The summed E-state index contributed by atoms with van der Waals surface area (Å²) in [6.45, 7) is 7.49. The highest BCUT2D eigenvalue weighted by molar-refractivity contribution is 5.38. The molecule has 196 valence electrons. The molecule has 0 aliphatic carbocycles. The first-order valence-electron chi connectivity index (χ1n) is 11.6. The van der Waals surface area contributed by atoms with Crippen LogP contribution in [0.5, 0.6) is 5.75 Å². The summed E-state index contributed by atoms with van der Waals surface area (Å²) >= 11 is 0. The third kappa shape index (κ3) is 13.3. The van der Waals surface area contributed by atoms with E-state index >= 15 is 0 Å². The molecule has 1 rings (SSSR count). The van der Waals surface area contributed by atoms with E-state index in [9.17, 15) is 9.90 Å². The smallest absolute Gasteiger partial charge is 0.225 e. The fourth-order valence-corrected chi connectivity index (χ4v) is 2.80. The van der Waals surface area contributed by atoms with Crippen molar-refractivity contribution in [1.82, 2.24) is 0 Å². The van der Waals surface area contributed by atoms with Gasteiger partial charge in [0.1, 0.15) is 0 Å². The van der Waals surface area contributed by atoms with Gasteiger partial charge in [0.05, 0.1) is 92.5 Å². The van der Waals surface area contributed by atoms with Crippen molar-refractivity contribution in [3.05, 3.63) is 39.0 Å². The molecule has 0 fully saturated rings. The third-order valence-electron chi connectivity index (χ3n) is 4.63. The number of ether oxygens (including phenoxy) is 6. The second-order valence-electron chi connectivity index (χ2n) is 7.67. The lowest BCUT2D eigenvalue weighted by Gasteiger charge is -2.08. The molecule has 0 unspecified atom stereocenters. The normalized spacial score (nSPS) is 11.4. The van der Waals surface area contributed by atoms with E-state index in [-0.39, 0.29) is 57.9 Å². The van der Waals surface area contributed by atoms with Crippen LogP contribution in [0.2, 0.25) is 0 Å². The van der Waals surface area contributed by atoms with Crippen LogP contribution in [0.4, 0.5) is 0 Å². The Bertz CT molecular complexity index is 711. The van der Waals surface area contributed by atoms with Crippen LogP contribution < -0.4 is 5.43 Å². The molecule has 0 heterocycles. The van der Waals surface area contributed by atoms with E-state index in [0.29, 0.717) is 57.4 Å². The first-order chi connectivity index (χ1) is 16.5. The van der Waals surface area contributed by atoms with E-state index in [4.69, 9.17) is 38.6 Å². The number of aliphatic hydroxyl groups excluding tert-OH is 2. The van der Waals surface area contributed by atoms with Crippen molar-refractivity contribution in [2.45, 2.75) is 33.0 Å².